The summed E-state index contributed by atoms with van der Waals surface area (Å²) in [6.07, 6.45) is 2.35. The average molecular weight is 358 g/mol. The molecule has 1 atom stereocenters. The second-order valence-corrected chi connectivity index (χ2v) is 7.14. The van der Waals surface area contributed by atoms with Crippen LogP contribution in [0.1, 0.15) is 26.2 Å². The predicted octanol–water partition coefficient (Wildman–Crippen LogP) is 1.30. The Balaban J connectivity index is 1.69. The second-order valence-electron chi connectivity index (χ2n) is 7.14. The molecule has 0 bridgehead atoms. The zero-order chi connectivity index (χ0) is 18.7. The van der Waals surface area contributed by atoms with Gasteiger partial charge in [0, 0.05) is 25.6 Å². The van der Waals surface area contributed by atoms with E-state index in [-0.39, 0.29) is 43.3 Å². The SMILES string of the molecule is CC1CC(=O)Nc2ccccc2N1C(=O)CN(C)CC(=O)N1CCCC1. The maximum absolute atomic E-state index is 13.0. The predicted molar refractivity (Wildman–Crippen MR) is 99.9 cm³/mol. The number of benzene rings is 1. The normalized spacial score (nSPS) is 20.0. The molecule has 1 N–H and O–H groups in total. The first-order chi connectivity index (χ1) is 12.5. The molecule has 1 aromatic rings. The van der Waals surface area contributed by atoms with E-state index in [1.807, 2.05) is 30.0 Å². The second kappa shape index (κ2) is 7.86. The first-order valence-electron chi connectivity index (χ1n) is 9.13. The van der Waals surface area contributed by atoms with Crippen LogP contribution in [0.4, 0.5) is 11.4 Å². The molecule has 3 rings (SSSR count). The lowest BCUT2D eigenvalue weighted by Crippen LogP contribution is -2.46. The van der Waals surface area contributed by atoms with Crippen molar-refractivity contribution in [2.75, 3.05) is 43.4 Å². The first-order valence-corrected chi connectivity index (χ1v) is 9.13. The summed E-state index contributed by atoms with van der Waals surface area (Å²) in [5.74, 6) is -0.144. The van der Waals surface area contributed by atoms with Crippen LogP contribution in [-0.4, -0.2) is 66.8 Å². The maximum atomic E-state index is 13.0. The van der Waals surface area contributed by atoms with Crippen molar-refractivity contribution in [3.8, 4) is 0 Å². The lowest BCUT2D eigenvalue weighted by molar-refractivity contribution is -0.131. The van der Waals surface area contributed by atoms with E-state index in [1.54, 1.807) is 22.9 Å². The Morgan fingerprint density at radius 2 is 1.81 bits per heavy atom. The Hall–Kier alpha value is -2.41. The standard InChI is InChI=1S/C19H26N4O3/c1-14-11-17(24)20-15-7-3-4-8-16(15)23(14)19(26)13-21(2)12-18(25)22-9-5-6-10-22/h3-4,7-8,14H,5-6,9-13H2,1-2H3,(H,20,24). The van der Waals surface area contributed by atoms with Gasteiger partial charge < -0.3 is 15.1 Å². The molecule has 2 heterocycles. The van der Waals surface area contributed by atoms with Gasteiger partial charge in [-0.1, -0.05) is 12.1 Å². The van der Waals surface area contributed by atoms with E-state index in [2.05, 4.69) is 5.32 Å². The molecule has 2 aliphatic rings. The van der Waals surface area contributed by atoms with Crippen molar-refractivity contribution in [1.29, 1.82) is 0 Å². The molecule has 26 heavy (non-hydrogen) atoms. The monoisotopic (exact) mass is 358 g/mol. The number of amides is 3. The van der Waals surface area contributed by atoms with E-state index in [0.29, 0.717) is 11.4 Å². The van der Waals surface area contributed by atoms with Crippen LogP contribution >= 0.6 is 0 Å². The molecule has 1 fully saturated rings. The largest absolute Gasteiger partial charge is 0.342 e. The smallest absolute Gasteiger partial charge is 0.241 e. The number of nitrogens with one attached hydrogen (secondary N) is 1. The van der Waals surface area contributed by atoms with E-state index in [9.17, 15) is 14.4 Å². The summed E-state index contributed by atoms with van der Waals surface area (Å²) >= 11 is 0. The Labute approximate surface area is 153 Å². The number of hydrogen-bond donors (Lipinski definition) is 1. The topological polar surface area (TPSA) is 73.0 Å². The van der Waals surface area contributed by atoms with Gasteiger partial charge in [0.2, 0.25) is 17.7 Å². The van der Waals surface area contributed by atoms with E-state index in [0.717, 1.165) is 25.9 Å². The van der Waals surface area contributed by atoms with Crippen LogP contribution in [0.15, 0.2) is 24.3 Å². The third-order valence-electron chi connectivity index (χ3n) is 4.90. The number of likely N-dealkylation sites (N-methyl/N-ethyl adjacent to an activating group) is 1. The third-order valence-corrected chi connectivity index (χ3v) is 4.90. The summed E-state index contributed by atoms with van der Waals surface area (Å²) in [7, 11) is 1.78. The van der Waals surface area contributed by atoms with E-state index in [4.69, 9.17) is 0 Å². The number of para-hydroxylation sites is 2. The minimum atomic E-state index is -0.242. The van der Waals surface area contributed by atoms with Crippen molar-refractivity contribution >= 4 is 29.1 Å². The molecule has 3 amide bonds. The first kappa shape index (κ1) is 18.4. The Kier molecular flexibility index (Phi) is 5.56. The highest BCUT2D eigenvalue weighted by Gasteiger charge is 2.30. The molecule has 1 aromatic carbocycles. The van der Waals surface area contributed by atoms with Crippen molar-refractivity contribution < 1.29 is 14.4 Å². The van der Waals surface area contributed by atoms with Crippen LogP contribution < -0.4 is 10.2 Å². The molecule has 1 saturated heterocycles. The average Bonchev–Trinajstić information content (AvgIpc) is 3.06. The zero-order valence-electron chi connectivity index (χ0n) is 15.4. The number of rotatable bonds is 4. The van der Waals surface area contributed by atoms with Crippen LogP contribution in [-0.2, 0) is 14.4 Å². The molecular weight excluding hydrogens is 332 g/mol. The number of nitrogens with zero attached hydrogens (tertiary/aromatic N) is 3. The lowest BCUT2D eigenvalue weighted by Gasteiger charge is -2.30. The zero-order valence-corrected chi connectivity index (χ0v) is 15.4. The summed E-state index contributed by atoms with van der Waals surface area (Å²) in [5, 5.41) is 2.85. The van der Waals surface area contributed by atoms with Crippen LogP contribution in [0.2, 0.25) is 0 Å². The Morgan fingerprint density at radius 1 is 1.15 bits per heavy atom. The molecule has 0 radical (unpaired) electrons. The third kappa shape index (κ3) is 4.04. The summed E-state index contributed by atoms with van der Waals surface area (Å²) in [6.45, 7) is 3.85. The van der Waals surface area contributed by atoms with Gasteiger partial charge in [-0.2, -0.15) is 0 Å². The van der Waals surface area contributed by atoms with Gasteiger partial charge in [0.25, 0.3) is 0 Å². The van der Waals surface area contributed by atoms with Crippen molar-refractivity contribution in [2.24, 2.45) is 0 Å². The fourth-order valence-electron chi connectivity index (χ4n) is 3.63. The van der Waals surface area contributed by atoms with Gasteiger partial charge in [-0.05, 0) is 38.9 Å². The molecule has 7 nitrogen and oxygen atoms in total. The molecule has 0 saturated carbocycles. The van der Waals surface area contributed by atoms with Crippen LogP contribution in [0.3, 0.4) is 0 Å². The maximum Gasteiger partial charge on any atom is 0.241 e. The van der Waals surface area contributed by atoms with E-state index in [1.165, 1.54) is 0 Å². The number of hydrogen-bond acceptors (Lipinski definition) is 4. The van der Waals surface area contributed by atoms with Gasteiger partial charge in [0.05, 0.1) is 24.5 Å². The van der Waals surface area contributed by atoms with Gasteiger partial charge in [0.1, 0.15) is 0 Å². The molecule has 0 aliphatic carbocycles. The summed E-state index contributed by atoms with van der Waals surface area (Å²) < 4.78 is 0. The Morgan fingerprint density at radius 3 is 2.54 bits per heavy atom. The lowest BCUT2D eigenvalue weighted by atomic mass is 10.1. The highest BCUT2D eigenvalue weighted by Crippen LogP contribution is 2.31. The molecule has 140 valence electrons. The van der Waals surface area contributed by atoms with E-state index >= 15 is 0 Å². The molecule has 2 aliphatic heterocycles. The molecule has 0 aromatic heterocycles. The van der Waals surface area contributed by atoms with E-state index < -0.39 is 0 Å². The minimum Gasteiger partial charge on any atom is -0.342 e. The van der Waals surface area contributed by atoms with Crippen LogP contribution in [0, 0.1) is 0 Å². The number of likely N-dealkylation sites (tertiary alicyclic amines) is 1. The van der Waals surface area contributed by atoms with Crippen molar-refractivity contribution in [3.05, 3.63) is 24.3 Å². The molecule has 0 spiro atoms. The number of carbonyl (C=O) groups excluding carboxylic acids is 3. The van der Waals surface area contributed by atoms with Gasteiger partial charge in [-0.15, -0.1) is 0 Å². The van der Waals surface area contributed by atoms with Crippen molar-refractivity contribution in [1.82, 2.24) is 9.80 Å². The minimum absolute atomic E-state index is 0.0685. The molecular formula is C19H26N4O3. The summed E-state index contributed by atoms with van der Waals surface area (Å²) in [6, 6.07) is 7.08. The Bertz CT molecular complexity index is 700. The quantitative estimate of drug-likeness (QED) is 0.881. The van der Waals surface area contributed by atoms with Crippen molar-refractivity contribution in [2.45, 2.75) is 32.2 Å². The number of anilines is 2. The van der Waals surface area contributed by atoms with Gasteiger partial charge in [0.15, 0.2) is 0 Å². The molecule has 7 heteroatoms. The summed E-state index contributed by atoms with van der Waals surface area (Å²) in [5.41, 5.74) is 1.35. The van der Waals surface area contributed by atoms with Gasteiger partial charge >= 0.3 is 0 Å². The highest BCUT2D eigenvalue weighted by atomic mass is 16.2. The van der Waals surface area contributed by atoms with Gasteiger partial charge in [-0.25, -0.2) is 0 Å². The molecule has 1 unspecified atom stereocenters. The number of carbonyl (C=O) groups is 3. The van der Waals surface area contributed by atoms with Crippen LogP contribution in [0.5, 0.6) is 0 Å². The van der Waals surface area contributed by atoms with Gasteiger partial charge in [-0.3, -0.25) is 19.3 Å². The fourth-order valence-corrected chi connectivity index (χ4v) is 3.63. The number of fused-ring (bicyclic) bond motifs is 1. The van der Waals surface area contributed by atoms with Crippen molar-refractivity contribution in [3.63, 3.8) is 0 Å². The highest BCUT2D eigenvalue weighted by molar-refractivity contribution is 6.05. The fraction of sp³-hybridized carbons (Fsp3) is 0.526. The summed E-state index contributed by atoms with van der Waals surface area (Å²) in [4.78, 5) is 42.5. The van der Waals surface area contributed by atoms with Crippen LogP contribution in [0.25, 0.3) is 0 Å².